The van der Waals surface area contributed by atoms with Gasteiger partial charge < -0.3 is 5.32 Å². The molecule has 1 N–H and O–H groups in total. The average molecular weight is 287 g/mol. The van der Waals surface area contributed by atoms with Gasteiger partial charge in [0.1, 0.15) is 0 Å². The third-order valence-corrected chi connectivity index (χ3v) is 6.64. The molecule has 3 unspecified atom stereocenters. The van der Waals surface area contributed by atoms with Crippen LogP contribution in [0.25, 0.3) is 0 Å². The Morgan fingerprint density at radius 1 is 1.05 bits per heavy atom. The van der Waals surface area contributed by atoms with Gasteiger partial charge in [0.2, 0.25) is 0 Å². The Bertz CT molecular complexity index is 366. The lowest BCUT2D eigenvalue weighted by molar-refractivity contribution is 0.396. The van der Waals surface area contributed by atoms with E-state index >= 15 is 0 Å². The van der Waals surface area contributed by atoms with Crippen molar-refractivity contribution in [3.63, 3.8) is 0 Å². The van der Waals surface area contributed by atoms with Crippen LogP contribution in [0.4, 0.5) is 0 Å². The molecule has 0 radical (unpaired) electrons. The lowest BCUT2D eigenvalue weighted by atomic mass is 9.95. The summed E-state index contributed by atoms with van der Waals surface area (Å²) in [6.07, 6.45) is 10.2. The van der Waals surface area contributed by atoms with Gasteiger partial charge in [0.15, 0.2) is 9.84 Å². The maximum atomic E-state index is 11.4. The van der Waals surface area contributed by atoms with Gasteiger partial charge >= 0.3 is 0 Å². The Morgan fingerprint density at radius 2 is 1.89 bits per heavy atom. The summed E-state index contributed by atoms with van der Waals surface area (Å²) in [5, 5.41) is 3.64. The van der Waals surface area contributed by atoms with E-state index in [0.717, 1.165) is 18.9 Å². The molecule has 19 heavy (non-hydrogen) atoms. The summed E-state index contributed by atoms with van der Waals surface area (Å²) in [6, 6.07) is 0.630. The molecule has 1 aliphatic carbocycles. The van der Waals surface area contributed by atoms with Gasteiger partial charge in [-0.15, -0.1) is 0 Å². The number of hydrogen-bond acceptors (Lipinski definition) is 3. The largest absolute Gasteiger partial charge is 0.314 e. The topological polar surface area (TPSA) is 46.2 Å². The zero-order valence-corrected chi connectivity index (χ0v) is 13.1. The first-order chi connectivity index (χ1) is 9.09. The molecule has 4 heteroatoms. The fraction of sp³-hybridized carbons (Fsp3) is 1.00. The van der Waals surface area contributed by atoms with Crippen molar-refractivity contribution < 1.29 is 8.42 Å². The molecule has 0 aromatic heterocycles. The molecule has 2 aliphatic rings. The van der Waals surface area contributed by atoms with Crippen molar-refractivity contribution in [2.45, 2.75) is 64.3 Å². The van der Waals surface area contributed by atoms with Gasteiger partial charge in [0.05, 0.1) is 11.5 Å². The van der Waals surface area contributed by atoms with E-state index in [1.54, 1.807) is 0 Å². The van der Waals surface area contributed by atoms with Crippen LogP contribution in [0.1, 0.15) is 58.3 Å². The highest BCUT2D eigenvalue weighted by Crippen LogP contribution is 2.27. The normalized spacial score (nSPS) is 35.1. The standard InChI is InChI=1S/C15H29NO2S/c1-2-4-13-5-3-6-15(8-7-13)16-11-14-9-10-19(17,18)12-14/h13-16H,2-12H2,1H3. The second-order valence-corrected chi connectivity index (χ2v) is 8.77. The summed E-state index contributed by atoms with van der Waals surface area (Å²) in [5.41, 5.74) is 0. The number of sulfone groups is 1. The van der Waals surface area contributed by atoms with Crippen molar-refractivity contribution in [2.24, 2.45) is 11.8 Å². The van der Waals surface area contributed by atoms with Gasteiger partial charge in [-0.2, -0.15) is 0 Å². The minimum atomic E-state index is -2.71. The Kier molecular flexibility index (Phi) is 5.70. The van der Waals surface area contributed by atoms with E-state index in [0.29, 0.717) is 23.5 Å². The van der Waals surface area contributed by atoms with Crippen LogP contribution >= 0.6 is 0 Å². The van der Waals surface area contributed by atoms with Gasteiger partial charge in [-0.3, -0.25) is 0 Å². The molecule has 1 aliphatic heterocycles. The van der Waals surface area contributed by atoms with Crippen molar-refractivity contribution in [3.8, 4) is 0 Å². The van der Waals surface area contributed by atoms with Crippen LogP contribution in [0.3, 0.4) is 0 Å². The zero-order valence-electron chi connectivity index (χ0n) is 12.2. The van der Waals surface area contributed by atoms with Crippen LogP contribution in [-0.4, -0.2) is 32.5 Å². The highest BCUT2D eigenvalue weighted by molar-refractivity contribution is 7.91. The van der Waals surface area contributed by atoms with Crippen molar-refractivity contribution in [3.05, 3.63) is 0 Å². The summed E-state index contributed by atoms with van der Waals surface area (Å²) in [7, 11) is -2.71. The first-order valence-corrected chi connectivity index (χ1v) is 9.85. The van der Waals surface area contributed by atoms with E-state index in [-0.39, 0.29) is 0 Å². The Balaban J connectivity index is 1.69. The Hall–Kier alpha value is -0.0900. The smallest absolute Gasteiger partial charge is 0.150 e. The third kappa shape index (κ3) is 5.07. The van der Waals surface area contributed by atoms with Gasteiger partial charge in [-0.05, 0) is 44.1 Å². The Morgan fingerprint density at radius 3 is 2.58 bits per heavy atom. The maximum Gasteiger partial charge on any atom is 0.150 e. The molecule has 3 nitrogen and oxygen atoms in total. The van der Waals surface area contributed by atoms with Crippen molar-refractivity contribution in [1.29, 1.82) is 0 Å². The third-order valence-electron chi connectivity index (χ3n) is 4.81. The molecule has 0 bridgehead atoms. The van der Waals surface area contributed by atoms with Gasteiger partial charge in [-0.1, -0.05) is 32.6 Å². The summed E-state index contributed by atoms with van der Waals surface area (Å²) in [5.74, 6) is 2.11. The highest BCUT2D eigenvalue weighted by Gasteiger charge is 2.28. The number of hydrogen-bond donors (Lipinski definition) is 1. The molecule has 2 rings (SSSR count). The Labute approximate surface area is 118 Å². The van der Waals surface area contributed by atoms with E-state index in [4.69, 9.17) is 0 Å². The monoisotopic (exact) mass is 287 g/mol. The van der Waals surface area contributed by atoms with E-state index in [2.05, 4.69) is 12.2 Å². The van der Waals surface area contributed by atoms with E-state index in [1.165, 1.54) is 44.9 Å². The summed E-state index contributed by atoms with van der Waals surface area (Å²) in [4.78, 5) is 0. The summed E-state index contributed by atoms with van der Waals surface area (Å²) in [6.45, 7) is 3.18. The van der Waals surface area contributed by atoms with Crippen LogP contribution in [-0.2, 0) is 9.84 Å². The zero-order chi connectivity index (χ0) is 13.7. The van der Waals surface area contributed by atoms with Gasteiger partial charge in [0, 0.05) is 6.04 Å². The van der Waals surface area contributed by atoms with Crippen molar-refractivity contribution in [2.75, 3.05) is 18.1 Å². The fourth-order valence-electron chi connectivity index (χ4n) is 3.65. The number of nitrogens with one attached hydrogen (secondary N) is 1. The van der Waals surface area contributed by atoms with Crippen LogP contribution in [0.2, 0.25) is 0 Å². The predicted octanol–water partition coefficient (Wildman–Crippen LogP) is 2.76. The van der Waals surface area contributed by atoms with Gasteiger partial charge in [0.25, 0.3) is 0 Å². The molecule has 0 spiro atoms. The van der Waals surface area contributed by atoms with Crippen molar-refractivity contribution >= 4 is 9.84 Å². The van der Waals surface area contributed by atoms with Crippen LogP contribution in [0, 0.1) is 11.8 Å². The lowest BCUT2D eigenvalue weighted by Gasteiger charge is -2.19. The minimum Gasteiger partial charge on any atom is -0.314 e. The maximum absolute atomic E-state index is 11.4. The summed E-state index contributed by atoms with van der Waals surface area (Å²) < 4.78 is 22.9. The SMILES string of the molecule is CCCC1CCCC(NCC2CCS(=O)(=O)C2)CC1. The fourth-order valence-corrected chi connectivity index (χ4v) is 5.51. The minimum absolute atomic E-state index is 0.361. The second kappa shape index (κ2) is 7.07. The first-order valence-electron chi connectivity index (χ1n) is 8.03. The molecule has 1 saturated heterocycles. The average Bonchev–Trinajstić information content (AvgIpc) is 2.58. The van der Waals surface area contributed by atoms with E-state index in [9.17, 15) is 8.42 Å². The molecule has 2 fully saturated rings. The quantitative estimate of drug-likeness (QED) is 0.791. The highest BCUT2D eigenvalue weighted by atomic mass is 32.2. The second-order valence-electron chi connectivity index (χ2n) is 6.54. The van der Waals surface area contributed by atoms with Gasteiger partial charge in [-0.25, -0.2) is 8.42 Å². The molecule has 3 atom stereocenters. The molecular weight excluding hydrogens is 258 g/mol. The first kappa shape index (κ1) is 15.3. The van der Waals surface area contributed by atoms with E-state index in [1.807, 2.05) is 0 Å². The predicted molar refractivity (Wildman–Crippen MR) is 80.0 cm³/mol. The molecule has 0 amide bonds. The molecule has 1 saturated carbocycles. The lowest BCUT2D eigenvalue weighted by Crippen LogP contribution is -2.33. The molecule has 0 aromatic rings. The van der Waals surface area contributed by atoms with Crippen LogP contribution in [0.5, 0.6) is 0 Å². The van der Waals surface area contributed by atoms with Crippen LogP contribution < -0.4 is 5.32 Å². The van der Waals surface area contributed by atoms with E-state index < -0.39 is 9.84 Å². The molecular formula is C15H29NO2S. The molecule has 1 heterocycles. The van der Waals surface area contributed by atoms with Crippen molar-refractivity contribution in [1.82, 2.24) is 5.32 Å². The molecule has 112 valence electrons. The molecule has 0 aromatic carbocycles. The number of rotatable bonds is 5. The van der Waals surface area contributed by atoms with Crippen LogP contribution in [0.15, 0.2) is 0 Å². The summed E-state index contributed by atoms with van der Waals surface area (Å²) >= 11 is 0.